The average molecular weight is 259 g/mol. The minimum atomic E-state index is -0.637. The van der Waals surface area contributed by atoms with Crippen LogP contribution in [0.1, 0.15) is 33.6 Å². The molecule has 1 rings (SSSR count). The third-order valence-electron chi connectivity index (χ3n) is 3.03. The fraction of sp³-hybridized carbons (Fsp3) is 0.923. The van der Waals surface area contributed by atoms with Crippen molar-refractivity contribution in [3.8, 4) is 0 Å². The molecule has 1 N–H and O–H groups in total. The Hall–Kier alpha value is -0.650. The van der Waals surface area contributed by atoms with E-state index < -0.39 is 5.54 Å². The zero-order valence-electron chi connectivity index (χ0n) is 11.8. The lowest BCUT2D eigenvalue weighted by molar-refractivity contribution is -0.149. The van der Waals surface area contributed by atoms with Crippen LogP contribution in [0.4, 0.5) is 0 Å². The predicted molar refractivity (Wildman–Crippen MR) is 68.5 cm³/mol. The van der Waals surface area contributed by atoms with Crippen LogP contribution in [0.3, 0.4) is 0 Å². The zero-order chi connectivity index (χ0) is 13.6. The van der Waals surface area contributed by atoms with E-state index in [0.29, 0.717) is 26.2 Å². The lowest BCUT2D eigenvalue weighted by Crippen LogP contribution is -2.53. The van der Waals surface area contributed by atoms with Gasteiger partial charge in [-0.15, -0.1) is 0 Å². The maximum Gasteiger partial charge on any atom is 0.325 e. The molecular formula is C13H25NO4. The molecule has 18 heavy (non-hydrogen) atoms. The molecule has 0 aromatic carbocycles. The van der Waals surface area contributed by atoms with E-state index in [1.165, 1.54) is 7.11 Å². The second-order valence-electron chi connectivity index (χ2n) is 5.26. The first-order valence-electron chi connectivity index (χ1n) is 6.53. The summed E-state index contributed by atoms with van der Waals surface area (Å²) in [7, 11) is 1.42. The van der Waals surface area contributed by atoms with Crippen LogP contribution in [0, 0.1) is 0 Å². The molecule has 1 atom stereocenters. The Morgan fingerprint density at radius 1 is 1.50 bits per heavy atom. The summed E-state index contributed by atoms with van der Waals surface area (Å²) in [5.74, 6) is -0.219. The summed E-state index contributed by atoms with van der Waals surface area (Å²) < 4.78 is 15.5. The van der Waals surface area contributed by atoms with E-state index in [-0.39, 0.29) is 18.1 Å². The normalized spacial score (nSPS) is 19.4. The molecule has 0 radical (unpaired) electrons. The highest BCUT2D eigenvalue weighted by Gasteiger charge is 2.34. The molecule has 0 aliphatic carbocycles. The van der Waals surface area contributed by atoms with Gasteiger partial charge in [-0.2, -0.15) is 0 Å². The number of esters is 1. The maximum atomic E-state index is 11.8. The third-order valence-corrected chi connectivity index (χ3v) is 3.03. The van der Waals surface area contributed by atoms with Gasteiger partial charge >= 0.3 is 5.97 Å². The number of hydrogen-bond donors (Lipinski definition) is 1. The van der Waals surface area contributed by atoms with Gasteiger partial charge in [-0.25, -0.2) is 0 Å². The smallest absolute Gasteiger partial charge is 0.325 e. The van der Waals surface area contributed by atoms with Gasteiger partial charge in [-0.1, -0.05) is 0 Å². The summed E-state index contributed by atoms with van der Waals surface area (Å²) in [6.45, 7) is 7.95. The van der Waals surface area contributed by atoms with E-state index in [0.717, 1.165) is 6.42 Å². The van der Waals surface area contributed by atoms with Crippen molar-refractivity contribution in [1.29, 1.82) is 0 Å². The molecule has 106 valence electrons. The second kappa shape index (κ2) is 7.07. The van der Waals surface area contributed by atoms with E-state index >= 15 is 0 Å². The minimum Gasteiger partial charge on any atom is -0.468 e. The SMILES string of the molecule is COC(=O)C(C)(CCCOC1COC1)NC(C)C. The van der Waals surface area contributed by atoms with Crippen molar-refractivity contribution < 1.29 is 19.0 Å². The van der Waals surface area contributed by atoms with E-state index in [1.54, 1.807) is 0 Å². The van der Waals surface area contributed by atoms with Crippen molar-refractivity contribution in [2.24, 2.45) is 0 Å². The highest BCUT2D eigenvalue weighted by Crippen LogP contribution is 2.16. The Morgan fingerprint density at radius 2 is 2.17 bits per heavy atom. The van der Waals surface area contributed by atoms with Crippen LogP contribution in [0.15, 0.2) is 0 Å². The van der Waals surface area contributed by atoms with Crippen LogP contribution >= 0.6 is 0 Å². The number of ether oxygens (including phenoxy) is 3. The molecule has 0 amide bonds. The van der Waals surface area contributed by atoms with Gasteiger partial charge in [0.25, 0.3) is 0 Å². The summed E-state index contributed by atoms with van der Waals surface area (Å²) in [4.78, 5) is 11.8. The van der Waals surface area contributed by atoms with Gasteiger partial charge in [0, 0.05) is 12.6 Å². The van der Waals surface area contributed by atoms with Gasteiger partial charge in [0.1, 0.15) is 11.6 Å². The van der Waals surface area contributed by atoms with Crippen LogP contribution in [0.2, 0.25) is 0 Å². The first kappa shape index (κ1) is 15.4. The molecule has 0 saturated carbocycles. The topological polar surface area (TPSA) is 56.8 Å². The van der Waals surface area contributed by atoms with Crippen LogP contribution < -0.4 is 5.32 Å². The summed E-state index contributed by atoms with van der Waals surface area (Å²) in [6.07, 6.45) is 1.76. The number of rotatable bonds is 8. The maximum absolute atomic E-state index is 11.8. The van der Waals surface area contributed by atoms with E-state index in [2.05, 4.69) is 5.32 Å². The van der Waals surface area contributed by atoms with Crippen LogP contribution in [-0.4, -0.2) is 50.6 Å². The molecule has 1 saturated heterocycles. The molecule has 5 nitrogen and oxygen atoms in total. The number of methoxy groups -OCH3 is 1. The number of hydrogen-bond acceptors (Lipinski definition) is 5. The Balaban J connectivity index is 2.32. The van der Waals surface area contributed by atoms with Crippen LogP contribution in [0.25, 0.3) is 0 Å². The third kappa shape index (κ3) is 4.55. The summed E-state index contributed by atoms with van der Waals surface area (Å²) in [5, 5.41) is 3.27. The van der Waals surface area contributed by atoms with Crippen molar-refractivity contribution in [2.45, 2.75) is 51.3 Å². The molecule has 1 unspecified atom stereocenters. The van der Waals surface area contributed by atoms with Crippen molar-refractivity contribution in [1.82, 2.24) is 5.32 Å². The molecule has 1 aliphatic rings. The molecule has 0 aromatic heterocycles. The Labute approximate surface area is 109 Å². The van der Waals surface area contributed by atoms with E-state index in [9.17, 15) is 4.79 Å². The summed E-state index contributed by atoms with van der Waals surface area (Å²) in [5.41, 5.74) is -0.637. The Bertz CT molecular complexity index is 266. The average Bonchev–Trinajstić information content (AvgIpc) is 2.24. The molecule has 0 aromatic rings. The quantitative estimate of drug-likeness (QED) is 0.523. The molecule has 5 heteroatoms. The molecule has 0 spiro atoms. The number of carbonyl (C=O) groups is 1. The highest BCUT2D eigenvalue weighted by molar-refractivity contribution is 5.80. The van der Waals surface area contributed by atoms with Crippen LogP contribution in [-0.2, 0) is 19.0 Å². The van der Waals surface area contributed by atoms with Crippen molar-refractivity contribution in [2.75, 3.05) is 26.9 Å². The second-order valence-corrected chi connectivity index (χ2v) is 5.26. The highest BCUT2D eigenvalue weighted by atomic mass is 16.6. The first-order valence-corrected chi connectivity index (χ1v) is 6.53. The molecule has 1 aliphatic heterocycles. The number of nitrogens with one attached hydrogen (secondary N) is 1. The molecular weight excluding hydrogens is 234 g/mol. The van der Waals surface area contributed by atoms with Crippen molar-refractivity contribution in [3.05, 3.63) is 0 Å². The largest absolute Gasteiger partial charge is 0.468 e. The van der Waals surface area contributed by atoms with Crippen molar-refractivity contribution in [3.63, 3.8) is 0 Å². The Morgan fingerprint density at radius 3 is 2.61 bits per heavy atom. The van der Waals surface area contributed by atoms with E-state index in [1.807, 2.05) is 20.8 Å². The van der Waals surface area contributed by atoms with E-state index in [4.69, 9.17) is 14.2 Å². The van der Waals surface area contributed by atoms with Gasteiger partial charge in [0.05, 0.1) is 20.3 Å². The fourth-order valence-corrected chi connectivity index (χ4v) is 2.08. The van der Waals surface area contributed by atoms with Gasteiger partial charge < -0.3 is 14.2 Å². The summed E-state index contributed by atoms with van der Waals surface area (Å²) >= 11 is 0. The van der Waals surface area contributed by atoms with Crippen LogP contribution in [0.5, 0.6) is 0 Å². The fourth-order valence-electron chi connectivity index (χ4n) is 2.08. The molecule has 1 heterocycles. The van der Waals surface area contributed by atoms with Gasteiger partial charge in [0.15, 0.2) is 0 Å². The molecule has 0 bridgehead atoms. The van der Waals surface area contributed by atoms with Gasteiger partial charge in [0.2, 0.25) is 0 Å². The monoisotopic (exact) mass is 259 g/mol. The lowest BCUT2D eigenvalue weighted by Gasteiger charge is -2.31. The Kier molecular flexibility index (Phi) is 6.05. The summed E-state index contributed by atoms with van der Waals surface area (Å²) in [6, 6.07) is 0.232. The molecule has 1 fully saturated rings. The standard InChI is InChI=1S/C13H25NO4/c1-10(2)14-13(3,12(15)16-4)6-5-7-18-11-8-17-9-11/h10-11,14H,5-9H2,1-4H3. The minimum absolute atomic E-state index is 0.219. The first-order chi connectivity index (χ1) is 8.48. The predicted octanol–water partition coefficient (Wildman–Crippen LogP) is 1.11. The van der Waals surface area contributed by atoms with Gasteiger partial charge in [-0.3, -0.25) is 10.1 Å². The lowest BCUT2D eigenvalue weighted by atomic mass is 9.95. The van der Waals surface area contributed by atoms with Crippen molar-refractivity contribution >= 4 is 5.97 Å². The zero-order valence-corrected chi connectivity index (χ0v) is 11.8. The number of carbonyl (C=O) groups excluding carboxylic acids is 1. The van der Waals surface area contributed by atoms with Gasteiger partial charge in [-0.05, 0) is 33.6 Å².